The zero-order valence-electron chi connectivity index (χ0n) is 11.1. The van der Waals surface area contributed by atoms with E-state index in [2.05, 4.69) is 0 Å². The molecule has 0 aliphatic heterocycles. The van der Waals surface area contributed by atoms with E-state index >= 15 is 0 Å². The number of carbonyl (C=O) groups is 2. The van der Waals surface area contributed by atoms with E-state index in [1.54, 1.807) is 6.07 Å². The van der Waals surface area contributed by atoms with Gasteiger partial charge in [0.05, 0.1) is 0 Å². The molecule has 0 aromatic heterocycles. The van der Waals surface area contributed by atoms with Crippen molar-refractivity contribution in [3.05, 3.63) is 59.7 Å². The molecule has 3 heteroatoms. The minimum absolute atomic E-state index is 0.00892. The predicted molar refractivity (Wildman–Crippen MR) is 79.4 cm³/mol. The van der Waals surface area contributed by atoms with Gasteiger partial charge < -0.3 is 0 Å². The Labute approximate surface area is 120 Å². The molecule has 3 aromatic rings. The Bertz CT molecular complexity index is 927. The number of carbonyl (C=O) groups excluding carboxylic acids is 2. The Morgan fingerprint density at radius 2 is 1.48 bits per heavy atom. The van der Waals surface area contributed by atoms with E-state index in [9.17, 15) is 14.0 Å². The van der Waals surface area contributed by atoms with E-state index in [1.165, 1.54) is 0 Å². The largest absolute Gasteiger partial charge is 0.296 e. The van der Waals surface area contributed by atoms with Crippen LogP contribution in [-0.4, -0.2) is 17.7 Å². The van der Waals surface area contributed by atoms with Gasteiger partial charge in [-0.15, -0.1) is 0 Å². The molecule has 0 bridgehead atoms. The van der Waals surface area contributed by atoms with Crippen LogP contribution in [0.3, 0.4) is 0 Å². The van der Waals surface area contributed by atoms with Crippen LogP contribution in [0.25, 0.3) is 21.5 Å². The Morgan fingerprint density at radius 3 is 2.14 bits per heavy atom. The van der Waals surface area contributed by atoms with Gasteiger partial charge in [0.25, 0.3) is 0 Å². The van der Waals surface area contributed by atoms with Gasteiger partial charge in [0.15, 0.2) is 5.78 Å². The molecule has 1 aliphatic rings. The van der Waals surface area contributed by atoms with E-state index in [1.807, 2.05) is 42.5 Å². The molecule has 4 rings (SSSR count). The predicted octanol–water partition coefficient (Wildman–Crippen LogP) is 3.64. The van der Waals surface area contributed by atoms with Crippen molar-refractivity contribution in [1.29, 1.82) is 0 Å². The van der Waals surface area contributed by atoms with Gasteiger partial charge in [-0.2, -0.15) is 0 Å². The van der Waals surface area contributed by atoms with Crippen LogP contribution in [0.5, 0.6) is 0 Å². The SMILES string of the molecule is O=C1Cc2cc3cc4ccccc4cc3cc2C(=O)C1F. The van der Waals surface area contributed by atoms with Gasteiger partial charge >= 0.3 is 0 Å². The van der Waals surface area contributed by atoms with Gasteiger partial charge in [-0.3, -0.25) is 9.59 Å². The van der Waals surface area contributed by atoms with Crippen LogP contribution >= 0.6 is 0 Å². The van der Waals surface area contributed by atoms with Gasteiger partial charge in [-0.25, -0.2) is 4.39 Å². The molecule has 1 atom stereocenters. The molecule has 21 heavy (non-hydrogen) atoms. The van der Waals surface area contributed by atoms with E-state index in [0.717, 1.165) is 21.5 Å². The summed E-state index contributed by atoms with van der Waals surface area (Å²) in [4.78, 5) is 23.5. The van der Waals surface area contributed by atoms with Crippen LogP contribution < -0.4 is 0 Å². The Kier molecular flexibility index (Phi) is 2.45. The maximum absolute atomic E-state index is 13.6. The van der Waals surface area contributed by atoms with Crippen LogP contribution in [0.15, 0.2) is 48.5 Å². The van der Waals surface area contributed by atoms with Crippen molar-refractivity contribution in [2.24, 2.45) is 0 Å². The van der Waals surface area contributed by atoms with Crippen LogP contribution in [0, 0.1) is 0 Å². The first-order valence-electron chi connectivity index (χ1n) is 6.80. The molecule has 0 saturated heterocycles. The van der Waals surface area contributed by atoms with Crippen molar-refractivity contribution in [2.45, 2.75) is 12.6 Å². The quantitative estimate of drug-likeness (QED) is 0.465. The summed E-state index contributed by atoms with van der Waals surface area (Å²) in [6.07, 6.45) is -2.01. The maximum atomic E-state index is 13.6. The highest BCUT2D eigenvalue weighted by Gasteiger charge is 2.34. The summed E-state index contributed by atoms with van der Waals surface area (Å²) in [6, 6.07) is 15.5. The standard InChI is InChI=1S/C18H11FO2/c19-17-16(20)9-14-7-12-5-10-3-1-2-4-11(10)6-13(12)8-15(14)18(17)21/h1-8,17H,9H2. The van der Waals surface area contributed by atoms with E-state index in [-0.39, 0.29) is 6.42 Å². The van der Waals surface area contributed by atoms with Crippen LogP contribution in [0.2, 0.25) is 0 Å². The number of Topliss-reactive ketones (excluding diaryl/α,β-unsaturated/α-hetero) is 2. The number of halogens is 1. The van der Waals surface area contributed by atoms with Crippen molar-refractivity contribution in [2.75, 3.05) is 0 Å². The number of fused-ring (bicyclic) bond motifs is 3. The Morgan fingerprint density at radius 1 is 0.857 bits per heavy atom. The molecule has 0 fully saturated rings. The van der Waals surface area contributed by atoms with Gasteiger partial charge in [0, 0.05) is 12.0 Å². The second-order valence-corrected chi connectivity index (χ2v) is 5.43. The monoisotopic (exact) mass is 278 g/mol. The lowest BCUT2D eigenvalue weighted by Crippen LogP contribution is -2.33. The van der Waals surface area contributed by atoms with Gasteiger partial charge in [-0.1, -0.05) is 24.3 Å². The average molecular weight is 278 g/mol. The first-order chi connectivity index (χ1) is 10.1. The number of alkyl halides is 1. The van der Waals surface area contributed by atoms with Crippen LogP contribution in [0.1, 0.15) is 15.9 Å². The molecule has 3 aromatic carbocycles. The molecule has 0 amide bonds. The number of hydrogen-bond donors (Lipinski definition) is 0. The first-order valence-corrected chi connectivity index (χ1v) is 6.80. The summed E-state index contributed by atoms with van der Waals surface area (Å²) in [6.45, 7) is 0. The molecular formula is C18H11FO2. The number of hydrogen-bond acceptors (Lipinski definition) is 2. The third-order valence-electron chi connectivity index (χ3n) is 4.07. The molecule has 1 unspecified atom stereocenters. The lowest BCUT2D eigenvalue weighted by molar-refractivity contribution is -0.121. The highest BCUT2D eigenvalue weighted by atomic mass is 19.1. The first kappa shape index (κ1) is 12.2. The third-order valence-corrected chi connectivity index (χ3v) is 4.07. The third kappa shape index (κ3) is 1.77. The fraction of sp³-hybridized carbons (Fsp3) is 0.111. The maximum Gasteiger partial charge on any atom is 0.221 e. The van der Waals surface area contributed by atoms with Gasteiger partial charge in [-0.05, 0) is 51.4 Å². The molecule has 0 radical (unpaired) electrons. The lowest BCUT2D eigenvalue weighted by Gasteiger charge is -2.18. The summed E-state index contributed by atoms with van der Waals surface area (Å²) in [5, 5.41) is 4.02. The molecule has 102 valence electrons. The zero-order chi connectivity index (χ0) is 14.6. The van der Waals surface area contributed by atoms with E-state index in [4.69, 9.17) is 0 Å². The minimum atomic E-state index is -2.00. The van der Waals surface area contributed by atoms with Crippen LogP contribution in [-0.2, 0) is 11.2 Å². The number of benzene rings is 3. The van der Waals surface area contributed by atoms with Gasteiger partial charge in [0.2, 0.25) is 12.0 Å². The van der Waals surface area contributed by atoms with Crippen molar-refractivity contribution in [1.82, 2.24) is 0 Å². The number of ketones is 2. The van der Waals surface area contributed by atoms with Gasteiger partial charge in [0.1, 0.15) is 0 Å². The number of rotatable bonds is 0. The second-order valence-electron chi connectivity index (χ2n) is 5.43. The lowest BCUT2D eigenvalue weighted by atomic mass is 9.86. The van der Waals surface area contributed by atoms with Crippen molar-refractivity contribution >= 4 is 33.1 Å². The van der Waals surface area contributed by atoms with Crippen LogP contribution in [0.4, 0.5) is 4.39 Å². The normalized spacial score (nSPS) is 18.2. The molecule has 0 spiro atoms. The minimum Gasteiger partial charge on any atom is -0.296 e. The molecular weight excluding hydrogens is 267 g/mol. The molecule has 0 heterocycles. The van der Waals surface area contributed by atoms with Crippen molar-refractivity contribution in [3.63, 3.8) is 0 Å². The smallest absolute Gasteiger partial charge is 0.221 e. The summed E-state index contributed by atoms with van der Waals surface area (Å²) in [7, 11) is 0. The highest BCUT2D eigenvalue weighted by Crippen LogP contribution is 2.29. The molecule has 2 nitrogen and oxygen atoms in total. The van der Waals surface area contributed by atoms with Crippen molar-refractivity contribution in [3.8, 4) is 0 Å². The summed E-state index contributed by atoms with van der Waals surface area (Å²) >= 11 is 0. The van der Waals surface area contributed by atoms with E-state index < -0.39 is 17.7 Å². The second kappa shape index (κ2) is 4.22. The fourth-order valence-electron chi connectivity index (χ4n) is 2.97. The summed E-state index contributed by atoms with van der Waals surface area (Å²) < 4.78 is 13.6. The molecule has 0 N–H and O–H groups in total. The average Bonchev–Trinajstić information content (AvgIpc) is 2.49. The molecule has 1 aliphatic carbocycles. The molecule has 0 saturated carbocycles. The summed E-state index contributed by atoms with van der Waals surface area (Å²) in [5.74, 6) is -1.36. The van der Waals surface area contributed by atoms with Crippen molar-refractivity contribution < 1.29 is 14.0 Å². The zero-order valence-corrected chi connectivity index (χ0v) is 11.1. The Hall–Kier alpha value is -2.55. The van der Waals surface area contributed by atoms with E-state index in [0.29, 0.717) is 11.1 Å². The summed E-state index contributed by atoms with van der Waals surface area (Å²) in [5.41, 5.74) is 0.964. The fourth-order valence-corrected chi connectivity index (χ4v) is 2.97. The Balaban J connectivity index is 2.03. The topological polar surface area (TPSA) is 34.1 Å². The highest BCUT2D eigenvalue weighted by molar-refractivity contribution is 6.19.